The molecule has 29 heavy (non-hydrogen) atoms. The van der Waals surface area contributed by atoms with Crippen LogP contribution in [0.15, 0.2) is 60.8 Å². The number of nitrogens with one attached hydrogen (secondary N) is 1. The molecule has 0 saturated heterocycles. The van der Waals surface area contributed by atoms with Gasteiger partial charge in [-0.25, -0.2) is 0 Å². The summed E-state index contributed by atoms with van der Waals surface area (Å²) in [7, 11) is 0. The molecule has 0 aliphatic carbocycles. The zero-order valence-electron chi connectivity index (χ0n) is 18.9. The number of rotatable bonds is 20. The molecule has 0 aromatic carbocycles. The van der Waals surface area contributed by atoms with Crippen LogP contribution in [0.25, 0.3) is 0 Å². The van der Waals surface area contributed by atoms with Gasteiger partial charge in [-0.1, -0.05) is 67.7 Å². The van der Waals surface area contributed by atoms with Crippen molar-refractivity contribution in [1.29, 1.82) is 0 Å². The van der Waals surface area contributed by atoms with Gasteiger partial charge in [-0.05, 0) is 77.7 Å². The molecule has 0 heterocycles. The molecule has 0 bridgehead atoms. The second kappa shape index (κ2) is 24.6. The minimum atomic E-state index is 0.140. The minimum Gasteiger partial charge on any atom is -0.396 e. The fraction of sp³-hybridized carbons (Fsp3) is 0.615. The molecule has 2 N–H and O–H groups in total. The summed E-state index contributed by atoms with van der Waals surface area (Å²) in [5.74, 6) is 0. The molecule has 0 spiro atoms. The van der Waals surface area contributed by atoms with Crippen LogP contribution in [0.2, 0.25) is 0 Å². The first-order valence-electron chi connectivity index (χ1n) is 11.6. The van der Waals surface area contributed by atoms with Crippen molar-refractivity contribution in [2.24, 2.45) is 0 Å². The van der Waals surface area contributed by atoms with Gasteiger partial charge in [-0.15, -0.1) is 0 Å². The molecule has 0 aliphatic heterocycles. The minimum absolute atomic E-state index is 0.140. The van der Waals surface area contributed by atoms with Crippen molar-refractivity contribution in [1.82, 2.24) is 5.32 Å². The highest BCUT2D eigenvalue weighted by atomic mass is 16.5. The highest BCUT2D eigenvalue weighted by Gasteiger charge is 2.05. The van der Waals surface area contributed by atoms with Crippen LogP contribution in [0, 0.1) is 0 Å². The number of aliphatic hydroxyl groups excluding tert-OH is 1. The molecule has 0 radical (unpaired) electrons. The Morgan fingerprint density at radius 1 is 0.724 bits per heavy atom. The lowest BCUT2D eigenvalue weighted by Gasteiger charge is -2.18. The molecule has 0 saturated carbocycles. The second-order valence-corrected chi connectivity index (χ2v) is 6.97. The van der Waals surface area contributed by atoms with Crippen LogP contribution < -0.4 is 5.32 Å². The fourth-order valence-electron chi connectivity index (χ4n) is 2.74. The fourth-order valence-corrected chi connectivity index (χ4v) is 2.74. The highest BCUT2D eigenvalue weighted by molar-refractivity contribution is 5.00. The van der Waals surface area contributed by atoms with E-state index in [0.717, 1.165) is 77.4 Å². The summed E-state index contributed by atoms with van der Waals surface area (Å²) in [4.78, 5) is 0. The zero-order chi connectivity index (χ0) is 21.3. The van der Waals surface area contributed by atoms with Gasteiger partial charge in [0.1, 0.15) is 6.23 Å². The van der Waals surface area contributed by atoms with Gasteiger partial charge in [0, 0.05) is 13.2 Å². The molecule has 0 aromatic heterocycles. The summed E-state index contributed by atoms with van der Waals surface area (Å²) in [6.45, 7) is 6.11. The summed E-state index contributed by atoms with van der Waals surface area (Å²) in [5.41, 5.74) is 0. The molecule has 0 aliphatic rings. The maximum absolute atomic E-state index is 8.82. The van der Waals surface area contributed by atoms with Gasteiger partial charge >= 0.3 is 0 Å². The monoisotopic (exact) mass is 403 g/mol. The Morgan fingerprint density at radius 2 is 1.28 bits per heavy atom. The lowest BCUT2D eigenvalue weighted by Crippen LogP contribution is -2.32. The van der Waals surface area contributed by atoms with Gasteiger partial charge in [0.25, 0.3) is 0 Å². The molecular weight excluding hydrogens is 358 g/mol. The van der Waals surface area contributed by atoms with Gasteiger partial charge in [-0.2, -0.15) is 0 Å². The number of hydrogen-bond donors (Lipinski definition) is 2. The van der Waals surface area contributed by atoms with Gasteiger partial charge in [-0.3, -0.25) is 5.32 Å². The molecule has 0 amide bonds. The molecular formula is C26H45NO2. The van der Waals surface area contributed by atoms with Gasteiger partial charge < -0.3 is 9.84 Å². The molecule has 1 atom stereocenters. The van der Waals surface area contributed by atoms with Crippen molar-refractivity contribution in [2.45, 2.75) is 84.3 Å². The van der Waals surface area contributed by atoms with E-state index in [-0.39, 0.29) is 12.8 Å². The van der Waals surface area contributed by atoms with Crippen LogP contribution >= 0.6 is 0 Å². The third-order valence-corrected chi connectivity index (χ3v) is 4.32. The largest absolute Gasteiger partial charge is 0.396 e. The standard InChI is InChI=1S/C26H45NO2/c1-3-5-6-7-8-9-10-11-12-13-14-15-16-17-18-19-20-23-26(29-4-2)27-24-21-22-25-28/h5-6,8-9,11-12,14-15,17-18,26-28H,3-4,7,10,13,16,19-25H2,1-2H3/b6-5-,9-8?,12-11-,15-14-,18-17-. The van der Waals surface area contributed by atoms with E-state index in [9.17, 15) is 0 Å². The lowest BCUT2D eigenvalue weighted by atomic mass is 10.2. The third kappa shape index (κ3) is 22.7. The first kappa shape index (κ1) is 27.6. The molecule has 3 nitrogen and oxygen atoms in total. The molecule has 3 heteroatoms. The van der Waals surface area contributed by atoms with E-state index in [1.54, 1.807) is 0 Å². The van der Waals surface area contributed by atoms with Crippen molar-refractivity contribution in [2.75, 3.05) is 19.8 Å². The molecule has 166 valence electrons. The summed E-state index contributed by atoms with van der Waals surface area (Å²) in [5, 5.41) is 12.3. The average molecular weight is 404 g/mol. The predicted molar refractivity (Wildman–Crippen MR) is 128 cm³/mol. The van der Waals surface area contributed by atoms with E-state index < -0.39 is 0 Å². The Labute approximate surface area is 180 Å². The van der Waals surface area contributed by atoms with Crippen molar-refractivity contribution >= 4 is 0 Å². The van der Waals surface area contributed by atoms with Crippen molar-refractivity contribution in [3.8, 4) is 0 Å². The molecule has 0 aromatic rings. The highest BCUT2D eigenvalue weighted by Crippen LogP contribution is 2.05. The number of aliphatic hydroxyl groups is 1. The first-order valence-corrected chi connectivity index (χ1v) is 11.6. The molecule has 0 rings (SSSR count). The van der Waals surface area contributed by atoms with Crippen LogP contribution in [0.1, 0.15) is 78.1 Å². The van der Waals surface area contributed by atoms with E-state index in [1.807, 2.05) is 6.92 Å². The Hall–Kier alpha value is -1.42. The van der Waals surface area contributed by atoms with E-state index in [1.165, 1.54) is 0 Å². The Kier molecular flexibility index (Phi) is 23.4. The number of ether oxygens (including phenoxy) is 1. The summed E-state index contributed by atoms with van der Waals surface area (Å²) in [6.07, 6.45) is 32.7. The number of unbranched alkanes of at least 4 members (excludes halogenated alkanes) is 2. The number of allylic oxidation sites excluding steroid dienone is 10. The van der Waals surface area contributed by atoms with Crippen LogP contribution in [0.4, 0.5) is 0 Å². The lowest BCUT2D eigenvalue weighted by molar-refractivity contribution is 0.0308. The van der Waals surface area contributed by atoms with E-state index in [4.69, 9.17) is 9.84 Å². The van der Waals surface area contributed by atoms with Crippen LogP contribution in [0.3, 0.4) is 0 Å². The Balaban J connectivity index is 3.65. The van der Waals surface area contributed by atoms with E-state index >= 15 is 0 Å². The topological polar surface area (TPSA) is 41.5 Å². The maximum atomic E-state index is 8.82. The van der Waals surface area contributed by atoms with E-state index in [2.05, 4.69) is 73.0 Å². The van der Waals surface area contributed by atoms with Crippen LogP contribution in [-0.4, -0.2) is 31.1 Å². The van der Waals surface area contributed by atoms with Crippen molar-refractivity contribution in [3.63, 3.8) is 0 Å². The normalized spacial score (nSPS) is 13.9. The third-order valence-electron chi connectivity index (χ3n) is 4.32. The van der Waals surface area contributed by atoms with Crippen molar-refractivity contribution in [3.05, 3.63) is 60.8 Å². The Morgan fingerprint density at radius 3 is 1.79 bits per heavy atom. The van der Waals surface area contributed by atoms with Crippen molar-refractivity contribution < 1.29 is 9.84 Å². The van der Waals surface area contributed by atoms with Gasteiger partial charge in [0.2, 0.25) is 0 Å². The second-order valence-electron chi connectivity index (χ2n) is 6.97. The average Bonchev–Trinajstić information content (AvgIpc) is 2.73. The number of hydrogen-bond acceptors (Lipinski definition) is 3. The maximum Gasteiger partial charge on any atom is 0.108 e. The summed E-state index contributed by atoms with van der Waals surface area (Å²) in [6, 6.07) is 0. The molecule has 1 unspecified atom stereocenters. The molecule has 0 fully saturated rings. The van der Waals surface area contributed by atoms with Gasteiger partial charge in [0.05, 0.1) is 0 Å². The predicted octanol–water partition coefficient (Wildman–Crippen LogP) is 6.63. The quantitative estimate of drug-likeness (QED) is 0.136. The van der Waals surface area contributed by atoms with Crippen LogP contribution in [0.5, 0.6) is 0 Å². The van der Waals surface area contributed by atoms with E-state index in [0.29, 0.717) is 0 Å². The van der Waals surface area contributed by atoms with Crippen LogP contribution in [-0.2, 0) is 4.74 Å². The summed E-state index contributed by atoms with van der Waals surface area (Å²) >= 11 is 0. The first-order chi connectivity index (χ1) is 14.3. The van der Waals surface area contributed by atoms with Gasteiger partial charge in [0.15, 0.2) is 0 Å². The zero-order valence-corrected chi connectivity index (χ0v) is 18.9. The Bertz CT molecular complexity index is 463. The smallest absolute Gasteiger partial charge is 0.108 e. The summed E-state index contributed by atoms with van der Waals surface area (Å²) < 4.78 is 5.73. The SMILES string of the molecule is CC/C=C\CC=CC/C=C\C/C=C\C/C=C\CCCC(NCCCCO)OCC.